The number of aliphatic hydroxyl groups is 3. The number of hydrogen-bond donors (Lipinski definition) is 5. The van der Waals surface area contributed by atoms with E-state index in [1.807, 2.05) is 19.9 Å². The fraction of sp³-hybridized carbons (Fsp3) is 0.515. The Balaban J connectivity index is 2.54. The van der Waals surface area contributed by atoms with Crippen LogP contribution in [0.4, 0.5) is 4.79 Å². The Bertz CT molecular complexity index is 1170. The van der Waals surface area contributed by atoms with E-state index in [1.165, 1.54) is 12.2 Å². The van der Waals surface area contributed by atoms with E-state index in [9.17, 15) is 34.5 Å². The van der Waals surface area contributed by atoms with Gasteiger partial charge in [0, 0.05) is 42.2 Å². The number of halogens is 1. The Labute approximate surface area is 273 Å². The molecule has 0 spiro atoms. The van der Waals surface area contributed by atoms with Gasteiger partial charge in [-0.15, -0.1) is 0 Å². The van der Waals surface area contributed by atoms with Crippen LogP contribution in [-0.2, 0) is 23.9 Å². The van der Waals surface area contributed by atoms with Crippen molar-refractivity contribution < 1.29 is 49.1 Å². The highest BCUT2D eigenvalue weighted by Crippen LogP contribution is 2.27. The van der Waals surface area contributed by atoms with Gasteiger partial charge in [0.15, 0.2) is 0 Å². The van der Waals surface area contributed by atoms with Crippen molar-refractivity contribution in [2.45, 2.75) is 96.2 Å². The van der Waals surface area contributed by atoms with Crippen LogP contribution in [0, 0.1) is 11.8 Å². The molecule has 45 heavy (non-hydrogen) atoms. The van der Waals surface area contributed by atoms with Gasteiger partial charge in [-0.25, -0.2) is 9.59 Å². The zero-order chi connectivity index (χ0) is 33.9. The SMILES string of the molecule is CC/C=C/[C@H](C[C@H](O)CC(=O)C[C@H](O)[C@H](C)/C(Br)=C/C=C/C=C(C)/C=C/C=C/C(=O)O[C@@H]1C[C@@H](C(=O)O)CC[C@@H]1O)OC(N)=O. The topological polar surface area (TPSA) is 194 Å². The van der Waals surface area contributed by atoms with E-state index in [-0.39, 0.29) is 37.9 Å². The Morgan fingerprint density at radius 3 is 2.33 bits per heavy atom. The molecule has 1 saturated carbocycles. The fourth-order valence-corrected chi connectivity index (χ4v) is 4.91. The van der Waals surface area contributed by atoms with Crippen molar-refractivity contribution in [2.75, 3.05) is 0 Å². The van der Waals surface area contributed by atoms with E-state index in [4.69, 9.17) is 20.3 Å². The summed E-state index contributed by atoms with van der Waals surface area (Å²) in [5.74, 6) is -2.99. The summed E-state index contributed by atoms with van der Waals surface area (Å²) in [6.07, 6.45) is 12.1. The largest absolute Gasteiger partial charge is 0.481 e. The van der Waals surface area contributed by atoms with Gasteiger partial charge in [0.05, 0.1) is 24.2 Å². The van der Waals surface area contributed by atoms with Crippen LogP contribution in [0.1, 0.15) is 65.7 Å². The van der Waals surface area contributed by atoms with Gasteiger partial charge >= 0.3 is 18.0 Å². The van der Waals surface area contributed by atoms with Crippen molar-refractivity contribution in [3.05, 3.63) is 70.8 Å². The number of allylic oxidation sites excluding steroid dienone is 9. The summed E-state index contributed by atoms with van der Waals surface area (Å²) in [5, 5.41) is 40.0. The van der Waals surface area contributed by atoms with E-state index in [0.717, 1.165) is 5.57 Å². The third-order valence-electron chi connectivity index (χ3n) is 7.07. The molecule has 0 aromatic heterocycles. The lowest BCUT2D eigenvalue weighted by Gasteiger charge is -2.30. The highest BCUT2D eigenvalue weighted by molar-refractivity contribution is 9.11. The number of aliphatic hydroxyl groups excluding tert-OH is 3. The molecule has 250 valence electrons. The lowest BCUT2D eigenvalue weighted by Crippen LogP contribution is -2.39. The second-order valence-corrected chi connectivity index (χ2v) is 11.9. The van der Waals surface area contributed by atoms with Crippen LogP contribution in [0.15, 0.2) is 70.8 Å². The quantitative estimate of drug-likeness (QED) is 0.0587. The Morgan fingerprint density at radius 1 is 1.02 bits per heavy atom. The first kappa shape index (κ1) is 39.7. The average Bonchev–Trinajstić information content (AvgIpc) is 2.96. The molecule has 1 fully saturated rings. The molecule has 0 heterocycles. The number of carbonyl (C=O) groups excluding carboxylic acids is 3. The van der Waals surface area contributed by atoms with Crippen LogP contribution < -0.4 is 5.73 Å². The number of carbonyl (C=O) groups is 4. The highest BCUT2D eigenvalue weighted by Gasteiger charge is 2.35. The minimum Gasteiger partial charge on any atom is -0.481 e. The van der Waals surface area contributed by atoms with Crippen LogP contribution >= 0.6 is 15.9 Å². The normalized spacial score (nSPS) is 22.5. The van der Waals surface area contributed by atoms with Gasteiger partial charge < -0.3 is 35.6 Å². The number of nitrogens with two attached hydrogens (primary N) is 1. The van der Waals surface area contributed by atoms with Gasteiger partial charge in [-0.1, -0.05) is 84.0 Å². The number of Topliss-reactive ketones (excluding diaryl/α,β-unsaturated/α-hetero) is 1. The second kappa shape index (κ2) is 21.4. The zero-order valence-electron chi connectivity index (χ0n) is 26.0. The number of rotatable bonds is 18. The third-order valence-corrected chi connectivity index (χ3v) is 8.06. The van der Waals surface area contributed by atoms with E-state index in [1.54, 1.807) is 49.5 Å². The van der Waals surface area contributed by atoms with Gasteiger partial charge in [0.25, 0.3) is 0 Å². The van der Waals surface area contributed by atoms with Gasteiger partial charge in [-0.3, -0.25) is 9.59 Å². The van der Waals surface area contributed by atoms with Crippen molar-refractivity contribution in [1.29, 1.82) is 0 Å². The minimum atomic E-state index is -1.06. The van der Waals surface area contributed by atoms with Crippen molar-refractivity contribution in [2.24, 2.45) is 17.6 Å². The van der Waals surface area contributed by atoms with Crippen molar-refractivity contribution >= 4 is 39.7 Å². The predicted molar refractivity (Wildman–Crippen MR) is 173 cm³/mol. The maximum absolute atomic E-state index is 12.4. The molecule has 0 radical (unpaired) electrons. The molecular formula is C33H46BrNO10. The van der Waals surface area contributed by atoms with E-state index >= 15 is 0 Å². The summed E-state index contributed by atoms with van der Waals surface area (Å²) in [4.78, 5) is 46.7. The molecular weight excluding hydrogens is 650 g/mol. The highest BCUT2D eigenvalue weighted by atomic mass is 79.9. The Kier molecular flexibility index (Phi) is 18.9. The Hall–Kier alpha value is -3.32. The summed E-state index contributed by atoms with van der Waals surface area (Å²) in [5.41, 5.74) is 5.93. The maximum Gasteiger partial charge on any atom is 0.405 e. The molecule has 1 rings (SSSR count). The summed E-state index contributed by atoms with van der Waals surface area (Å²) >= 11 is 3.43. The first-order valence-electron chi connectivity index (χ1n) is 14.9. The summed E-state index contributed by atoms with van der Waals surface area (Å²) in [6, 6.07) is 0. The number of ketones is 1. The Morgan fingerprint density at radius 2 is 1.69 bits per heavy atom. The molecule has 1 aliphatic carbocycles. The van der Waals surface area contributed by atoms with Crippen molar-refractivity contribution in [1.82, 2.24) is 0 Å². The van der Waals surface area contributed by atoms with Crippen LogP contribution in [0.2, 0.25) is 0 Å². The molecule has 1 aliphatic rings. The molecule has 0 aromatic rings. The molecule has 0 aromatic carbocycles. The average molecular weight is 697 g/mol. The van der Waals surface area contributed by atoms with E-state index < -0.39 is 60.4 Å². The molecule has 0 aliphatic heterocycles. The van der Waals surface area contributed by atoms with Crippen LogP contribution in [-0.4, -0.2) is 74.8 Å². The fourth-order valence-electron chi connectivity index (χ4n) is 4.45. The monoisotopic (exact) mass is 695 g/mol. The lowest BCUT2D eigenvalue weighted by atomic mass is 9.85. The zero-order valence-corrected chi connectivity index (χ0v) is 27.5. The number of amides is 1. The molecule has 0 saturated heterocycles. The standard InChI is InChI=1S/C33H46BrNO10/c1-4-5-12-26(44-33(35)43)19-24(36)18-25(37)20-29(39)22(3)27(34)13-8-6-10-21(2)11-7-9-14-31(40)45-30-17-23(32(41)42)15-16-28(30)38/h5-14,22-24,26,28-30,36,38-39H,4,15-20H2,1-3H3,(H2,35,43)(H,41,42)/b8-6+,11-7+,12-5+,14-9+,21-10+,27-13-/t22-,23+,24-,26-,28+,29+,30-/m1/s1. The number of primary amides is 1. The van der Waals surface area contributed by atoms with Gasteiger partial charge in [0.1, 0.15) is 18.0 Å². The summed E-state index contributed by atoms with van der Waals surface area (Å²) in [7, 11) is 0. The number of ether oxygens (including phenoxy) is 2. The van der Waals surface area contributed by atoms with Gasteiger partial charge in [0.2, 0.25) is 0 Å². The first-order valence-corrected chi connectivity index (χ1v) is 15.7. The van der Waals surface area contributed by atoms with E-state index in [0.29, 0.717) is 17.3 Å². The lowest BCUT2D eigenvalue weighted by molar-refractivity contribution is -0.159. The first-order chi connectivity index (χ1) is 21.2. The van der Waals surface area contributed by atoms with Crippen LogP contribution in [0.25, 0.3) is 0 Å². The van der Waals surface area contributed by atoms with Gasteiger partial charge in [-0.05, 0) is 32.3 Å². The molecule has 12 heteroatoms. The number of esters is 1. The molecule has 0 unspecified atom stereocenters. The summed E-state index contributed by atoms with van der Waals surface area (Å²) < 4.78 is 10.8. The number of carboxylic acid groups (broad SMARTS) is 1. The van der Waals surface area contributed by atoms with Crippen LogP contribution in [0.3, 0.4) is 0 Å². The maximum atomic E-state index is 12.4. The van der Waals surface area contributed by atoms with Crippen molar-refractivity contribution in [3.8, 4) is 0 Å². The summed E-state index contributed by atoms with van der Waals surface area (Å²) in [6.45, 7) is 5.51. The second-order valence-electron chi connectivity index (χ2n) is 11.0. The molecule has 1 amide bonds. The molecule has 6 N–H and O–H groups in total. The third kappa shape index (κ3) is 17.1. The minimum absolute atomic E-state index is 0.0120. The molecule has 11 nitrogen and oxygen atoms in total. The predicted octanol–water partition coefficient (Wildman–Crippen LogP) is 4.56. The number of aliphatic carboxylic acids is 1. The van der Waals surface area contributed by atoms with Crippen molar-refractivity contribution in [3.63, 3.8) is 0 Å². The number of carboxylic acids is 1. The smallest absolute Gasteiger partial charge is 0.405 e. The molecule has 7 atom stereocenters. The van der Waals surface area contributed by atoms with E-state index in [2.05, 4.69) is 15.9 Å². The number of hydrogen-bond acceptors (Lipinski definition) is 9. The van der Waals surface area contributed by atoms with Crippen LogP contribution in [0.5, 0.6) is 0 Å². The van der Waals surface area contributed by atoms with Gasteiger partial charge in [-0.2, -0.15) is 0 Å². The molecule has 0 bridgehead atoms.